The summed E-state index contributed by atoms with van der Waals surface area (Å²) in [7, 11) is 1.83. The molecule has 0 bridgehead atoms. The van der Waals surface area contributed by atoms with Crippen LogP contribution in [-0.4, -0.2) is 15.7 Å². The summed E-state index contributed by atoms with van der Waals surface area (Å²) < 4.78 is 1.68. The van der Waals surface area contributed by atoms with E-state index in [1.54, 1.807) is 17.1 Å². The maximum absolute atomic E-state index is 11.8. The topological polar surface area (TPSA) is 46.9 Å². The zero-order chi connectivity index (χ0) is 10.7. The monoisotopic (exact) mass is 205 g/mol. The molecular weight excluding hydrogens is 190 g/mol. The Kier molecular flexibility index (Phi) is 2.85. The van der Waals surface area contributed by atoms with E-state index in [0.29, 0.717) is 0 Å². The SMILES string of the molecule is Cn1cc(NC(=O)C2CC=CCC2)cn1. The third-order valence-electron chi connectivity index (χ3n) is 2.61. The standard InChI is InChI=1S/C11H15N3O/c1-14-8-10(7-12-14)13-11(15)9-5-3-2-4-6-9/h2-3,7-9H,4-6H2,1H3,(H,13,15). The average Bonchev–Trinajstić information content (AvgIpc) is 2.65. The first kappa shape index (κ1) is 9.96. The van der Waals surface area contributed by atoms with E-state index in [9.17, 15) is 4.79 Å². The van der Waals surface area contributed by atoms with Gasteiger partial charge in [0.05, 0.1) is 11.9 Å². The first-order chi connectivity index (χ1) is 7.25. The molecule has 4 heteroatoms. The van der Waals surface area contributed by atoms with Crippen LogP contribution in [0.5, 0.6) is 0 Å². The van der Waals surface area contributed by atoms with Crippen molar-refractivity contribution in [2.75, 3.05) is 5.32 Å². The molecule has 1 amide bonds. The Labute approximate surface area is 89.0 Å². The molecule has 1 aromatic heterocycles. The molecule has 1 aliphatic rings. The van der Waals surface area contributed by atoms with E-state index in [1.165, 1.54) is 0 Å². The Morgan fingerprint density at radius 2 is 2.47 bits per heavy atom. The molecule has 4 nitrogen and oxygen atoms in total. The third-order valence-corrected chi connectivity index (χ3v) is 2.61. The van der Waals surface area contributed by atoms with E-state index in [0.717, 1.165) is 24.9 Å². The molecule has 0 radical (unpaired) electrons. The summed E-state index contributed by atoms with van der Waals surface area (Å²) in [6.45, 7) is 0. The number of aryl methyl sites for hydroxylation is 1. The van der Waals surface area contributed by atoms with Crippen LogP contribution in [0.2, 0.25) is 0 Å². The molecule has 0 aliphatic heterocycles. The van der Waals surface area contributed by atoms with Crippen LogP contribution in [0.25, 0.3) is 0 Å². The van der Waals surface area contributed by atoms with Crippen molar-refractivity contribution in [3.05, 3.63) is 24.5 Å². The molecule has 0 spiro atoms. The molecule has 0 fully saturated rings. The molecule has 1 atom stereocenters. The largest absolute Gasteiger partial charge is 0.323 e. The maximum atomic E-state index is 11.8. The van der Waals surface area contributed by atoms with Gasteiger partial charge in [0, 0.05) is 19.2 Å². The number of anilines is 1. The van der Waals surface area contributed by atoms with Gasteiger partial charge in [0.2, 0.25) is 5.91 Å². The van der Waals surface area contributed by atoms with E-state index in [4.69, 9.17) is 0 Å². The van der Waals surface area contributed by atoms with E-state index >= 15 is 0 Å². The lowest BCUT2D eigenvalue weighted by atomic mass is 9.94. The first-order valence-corrected chi connectivity index (χ1v) is 5.20. The van der Waals surface area contributed by atoms with Crippen molar-refractivity contribution in [2.45, 2.75) is 19.3 Å². The number of hydrogen-bond acceptors (Lipinski definition) is 2. The molecule has 80 valence electrons. The summed E-state index contributed by atoms with van der Waals surface area (Å²) in [4.78, 5) is 11.8. The lowest BCUT2D eigenvalue weighted by molar-refractivity contribution is -0.120. The molecule has 0 saturated heterocycles. The van der Waals surface area contributed by atoms with Crippen molar-refractivity contribution in [3.63, 3.8) is 0 Å². The smallest absolute Gasteiger partial charge is 0.227 e. The lowest BCUT2D eigenvalue weighted by Crippen LogP contribution is -2.23. The number of allylic oxidation sites excluding steroid dienone is 2. The Morgan fingerprint density at radius 3 is 3.07 bits per heavy atom. The Morgan fingerprint density at radius 1 is 1.60 bits per heavy atom. The zero-order valence-electron chi connectivity index (χ0n) is 8.81. The summed E-state index contributed by atoms with van der Waals surface area (Å²) in [5.41, 5.74) is 0.775. The second-order valence-electron chi connectivity index (χ2n) is 3.87. The van der Waals surface area contributed by atoms with Crippen LogP contribution < -0.4 is 5.32 Å². The van der Waals surface area contributed by atoms with E-state index in [-0.39, 0.29) is 11.8 Å². The highest BCUT2D eigenvalue weighted by molar-refractivity contribution is 5.92. The molecule has 1 aliphatic carbocycles. The molecule has 1 unspecified atom stereocenters. The minimum Gasteiger partial charge on any atom is -0.323 e. The molecule has 1 N–H and O–H groups in total. The Hall–Kier alpha value is -1.58. The van der Waals surface area contributed by atoms with Crippen molar-refractivity contribution in [1.82, 2.24) is 9.78 Å². The summed E-state index contributed by atoms with van der Waals surface area (Å²) in [6, 6.07) is 0. The minimum absolute atomic E-state index is 0.104. The predicted octanol–water partition coefficient (Wildman–Crippen LogP) is 1.71. The predicted molar refractivity (Wildman–Crippen MR) is 58.3 cm³/mol. The fourth-order valence-corrected chi connectivity index (χ4v) is 1.76. The van der Waals surface area contributed by atoms with Gasteiger partial charge in [-0.15, -0.1) is 0 Å². The molecule has 0 saturated carbocycles. The number of nitrogens with zero attached hydrogens (tertiary/aromatic N) is 2. The van der Waals surface area contributed by atoms with Gasteiger partial charge >= 0.3 is 0 Å². The molecule has 1 aromatic rings. The number of amides is 1. The van der Waals surface area contributed by atoms with E-state index in [1.807, 2.05) is 7.05 Å². The van der Waals surface area contributed by atoms with Gasteiger partial charge in [-0.2, -0.15) is 5.10 Å². The molecule has 2 rings (SSSR count). The van der Waals surface area contributed by atoms with Crippen molar-refractivity contribution in [1.29, 1.82) is 0 Å². The van der Waals surface area contributed by atoms with Gasteiger partial charge in [0.15, 0.2) is 0 Å². The van der Waals surface area contributed by atoms with Crippen LogP contribution in [0.1, 0.15) is 19.3 Å². The van der Waals surface area contributed by atoms with Gasteiger partial charge in [-0.3, -0.25) is 9.48 Å². The molecule has 15 heavy (non-hydrogen) atoms. The quantitative estimate of drug-likeness (QED) is 0.747. The van der Waals surface area contributed by atoms with Crippen molar-refractivity contribution in [2.24, 2.45) is 13.0 Å². The number of rotatable bonds is 2. The average molecular weight is 205 g/mol. The number of carbonyl (C=O) groups excluding carboxylic acids is 1. The van der Waals surface area contributed by atoms with Gasteiger partial charge in [0.25, 0.3) is 0 Å². The van der Waals surface area contributed by atoms with Gasteiger partial charge < -0.3 is 5.32 Å². The minimum atomic E-state index is 0.104. The highest BCUT2D eigenvalue weighted by atomic mass is 16.1. The van der Waals surface area contributed by atoms with Crippen LogP contribution in [0, 0.1) is 5.92 Å². The lowest BCUT2D eigenvalue weighted by Gasteiger charge is -2.16. The van der Waals surface area contributed by atoms with E-state index in [2.05, 4.69) is 22.6 Å². The second kappa shape index (κ2) is 4.29. The molecular formula is C11H15N3O. The third kappa shape index (κ3) is 2.46. The van der Waals surface area contributed by atoms with Crippen molar-refractivity contribution >= 4 is 11.6 Å². The number of hydrogen-bond donors (Lipinski definition) is 1. The maximum Gasteiger partial charge on any atom is 0.227 e. The van der Waals surface area contributed by atoms with Crippen molar-refractivity contribution < 1.29 is 4.79 Å². The number of aromatic nitrogens is 2. The fraction of sp³-hybridized carbons (Fsp3) is 0.455. The van der Waals surface area contributed by atoms with Crippen LogP contribution in [-0.2, 0) is 11.8 Å². The van der Waals surface area contributed by atoms with Crippen molar-refractivity contribution in [3.8, 4) is 0 Å². The van der Waals surface area contributed by atoms with Crippen LogP contribution in [0.3, 0.4) is 0 Å². The second-order valence-corrected chi connectivity index (χ2v) is 3.87. The van der Waals surface area contributed by atoms with Crippen LogP contribution in [0.4, 0.5) is 5.69 Å². The van der Waals surface area contributed by atoms with Gasteiger partial charge in [0.1, 0.15) is 0 Å². The normalized spacial score (nSPS) is 20.2. The molecule has 0 aromatic carbocycles. The molecule has 1 heterocycles. The summed E-state index contributed by atoms with van der Waals surface area (Å²) >= 11 is 0. The highest BCUT2D eigenvalue weighted by Gasteiger charge is 2.18. The zero-order valence-corrected chi connectivity index (χ0v) is 8.81. The number of carbonyl (C=O) groups is 1. The Balaban J connectivity index is 1.94. The van der Waals surface area contributed by atoms with Crippen LogP contribution in [0.15, 0.2) is 24.5 Å². The van der Waals surface area contributed by atoms with Gasteiger partial charge in [-0.25, -0.2) is 0 Å². The Bertz CT molecular complexity index is 381. The number of nitrogens with one attached hydrogen (secondary N) is 1. The van der Waals surface area contributed by atoms with E-state index < -0.39 is 0 Å². The van der Waals surface area contributed by atoms with Crippen LogP contribution >= 0.6 is 0 Å². The summed E-state index contributed by atoms with van der Waals surface area (Å²) in [5, 5.41) is 6.88. The summed E-state index contributed by atoms with van der Waals surface area (Å²) in [5.74, 6) is 0.225. The highest BCUT2D eigenvalue weighted by Crippen LogP contribution is 2.19. The fourth-order valence-electron chi connectivity index (χ4n) is 1.76. The van der Waals surface area contributed by atoms with Gasteiger partial charge in [-0.05, 0) is 19.3 Å². The first-order valence-electron chi connectivity index (χ1n) is 5.20. The summed E-state index contributed by atoms with van der Waals surface area (Å²) in [6.07, 6.45) is 10.5. The van der Waals surface area contributed by atoms with Gasteiger partial charge in [-0.1, -0.05) is 12.2 Å².